The Morgan fingerprint density at radius 1 is 1.77 bits per heavy atom. The molecule has 2 rings (SSSR count). The molecule has 0 spiro atoms. The van der Waals surface area contributed by atoms with Crippen molar-refractivity contribution < 1.29 is 9.90 Å². The predicted molar refractivity (Wildman–Crippen MR) is 43.5 cm³/mol. The number of carboxylic acids is 1. The van der Waals surface area contributed by atoms with Gasteiger partial charge in [0.05, 0.1) is 12.2 Å². The molecule has 1 aromatic heterocycles. The van der Waals surface area contributed by atoms with Crippen LogP contribution in [0.3, 0.4) is 0 Å². The van der Waals surface area contributed by atoms with E-state index in [0.717, 1.165) is 19.5 Å². The van der Waals surface area contributed by atoms with Crippen LogP contribution in [0.25, 0.3) is 0 Å². The van der Waals surface area contributed by atoms with Crippen LogP contribution in [0.5, 0.6) is 0 Å². The van der Waals surface area contributed by atoms with Crippen LogP contribution in [0, 0.1) is 0 Å². The molecule has 0 aliphatic carbocycles. The Labute approximate surface area is 74.6 Å². The SMILES string of the molecule is O=C(O)c1cn([C@@H]2CCNC2)nn1. The van der Waals surface area contributed by atoms with Crippen molar-refractivity contribution in [1.82, 2.24) is 20.3 Å². The molecule has 0 amide bonds. The summed E-state index contributed by atoms with van der Waals surface area (Å²) >= 11 is 0. The summed E-state index contributed by atoms with van der Waals surface area (Å²) < 4.78 is 1.61. The summed E-state index contributed by atoms with van der Waals surface area (Å²) in [5.74, 6) is -1.03. The Balaban J connectivity index is 2.16. The number of hydrogen-bond acceptors (Lipinski definition) is 4. The monoisotopic (exact) mass is 182 g/mol. The van der Waals surface area contributed by atoms with Gasteiger partial charge in [-0.25, -0.2) is 9.48 Å². The molecule has 1 fully saturated rings. The molecule has 1 atom stereocenters. The van der Waals surface area contributed by atoms with Gasteiger partial charge in [0.2, 0.25) is 0 Å². The van der Waals surface area contributed by atoms with Gasteiger partial charge in [-0.2, -0.15) is 0 Å². The Kier molecular flexibility index (Phi) is 1.97. The lowest BCUT2D eigenvalue weighted by molar-refractivity contribution is 0.0690. The zero-order chi connectivity index (χ0) is 9.26. The van der Waals surface area contributed by atoms with Gasteiger partial charge in [-0.15, -0.1) is 5.10 Å². The van der Waals surface area contributed by atoms with Crippen molar-refractivity contribution in [2.75, 3.05) is 13.1 Å². The molecule has 1 saturated heterocycles. The Bertz CT molecular complexity index is 316. The van der Waals surface area contributed by atoms with Gasteiger partial charge < -0.3 is 10.4 Å². The fourth-order valence-corrected chi connectivity index (χ4v) is 1.42. The molecule has 0 bridgehead atoms. The highest BCUT2D eigenvalue weighted by Gasteiger charge is 2.19. The molecular formula is C7H10N4O2. The number of carboxylic acid groups (broad SMARTS) is 1. The summed E-state index contributed by atoms with van der Waals surface area (Å²) in [6, 6.07) is 0.251. The van der Waals surface area contributed by atoms with E-state index in [1.165, 1.54) is 6.20 Å². The summed E-state index contributed by atoms with van der Waals surface area (Å²) in [5.41, 5.74) is 0.00639. The van der Waals surface area contributed by atoms with Gasteiger partial charge in [0.1, 0.15) is 0 Å². The summed E-state index contributed by atoms with van der Waals surface area (Å²) in [6.45, 7) is 1.79. The number of aromatic nitrogens is 3. The van der Waals surface area contributed by atoms with E-state index < -0.39 is 5.97 Å². The average Bonchev–Trinajstić information content (AvgIpc) is 2.75. The number of aromatic carboxylic acids is 1. The standard InChI is InChI=1S/C7H10N4O2/c12-7(13)6-4-11(10-9-6)5-1-2-8-3-5/h4-5,8H,1-3H2,(H,12,13)/t5-/m1/s1. The maximum Gasteiger partial charge on any atom is 0.358 e. The van der Waals surface area contributed by atoms with Gasteiger partial charge >= 0.3 is 5.97 Å². The quantitative estimate of drug-likeness (QED) is 0.645. The molecule has 0 aromatic carbocycles. The Hall–Kier alpha value is -1.43. The third-order valence-corrected chi connectivity index (χ3v) is 2.14. The van der Waals surface area contributed by atoms with Gasteiger partial charge in [-0.05, 0) is 13.0 Å². The van der Waals surface area contributed by atoms with Gasteiger partial charge in [-0.1, -0.05) is 5.21 Å². The summed E-state index contributed by atoms with van der Waals surface area (Å²) in [4.78, 5) is 10.5. The maximum absolute atomic E-state index is 10.5. The smallest absolute Gasteiger partial charge is 0.358 e. The second kappa shape index (κ2) is 3.14. The third-order valence-electron chi connectivity index (χ3n) is 2.14. The maximum atomic E-state index is 10.5. The number of hydrogen-bond donors (Lipinski definition) is 2. The molecule has 1 aliphatic heterocycles. The fraction of sp³-hybridized carbons (Fsp3) is 0.571. The highest BCUT2D eigenvalue weighted by molar-refractivity contribution is 5.84. The van der Waals surface area contributed by atoms with Crippen LogP contribution in [0.1, 0.15) is 23.0 Å². The molecule has 0 saturated carbocycles. The van der Waals surface area contributed by atoms with Gasteiger partial charge in [0.15, 0.2) is 5.69 Å². The van der Waals surface area contributed by atoms with Crippen molar-refractivity contribution in [3.63, 3.8) is 0 Å². The van der Waals surface area contributed by atoms with Crippen LogP contribution in [0.4, 0.5) is 0 Å². The Morgan fingerprint density at radius 3 is 3.15 bits per heavy atom. The normalized spacial score (nSPS) is 22.0. The molecule has 13 heavy (non-hydrogen) atoms. The molecule has 1 aliphatic rings. The van der Waals surface area contributed by atoms with Crippen molar-refractivity contribution in [2.45, 2.75) is 12.5 Å². The first kappa shape index (κ1) is 8.18. The van der Waals surface area contributed by atoms with Gasteiger partial charge in [0, 0.05) is 6.54 Å². The molecule has 70 valence electrons. The molecule has 0 radical (unpaired) electrons. The molecule has 6 heteroatoms. The van der Waals surface area contributed by atoms with E-state index in [9.17, 15) is 4.79 Å². The zero-order valence-corrected chi connectivity index (χ0v) is 6.97. The second-order valence-electron chi connectivity index (χ2n) is 3.04. The van der Waals surface area contributed by atoms with Crippen molar-refractivity contribution in [3.8, 4) is 0 Å². The predicted octanol–water partition coefficient (Wildman–Crippen LogP) is -0.489. The number of nitrogens with zero attached hydrogens (tertiary/aromatic N) is 3. The van der Waals surface area contributed by atoms with Crippen LogP contribution in [0.15, 0.2) is 6.20 Å². The van der Waals surface area contributed by atoms with E-state index in [4.69, 9.17) is 5.11 Å². The lowest BCUT2D eigenvalue weighted by atomic mass is 10.3. The molecule has 2 N–H and O–H groups in total. The zero-order valence-electron chi connectivity index (χ0n) is 6.97. The second-order valence-corrected chi connectivity index (χ2v) is 3.04. The lowest BCUT2D eigenvalue weighted by Gasteiger charge is -2.05. The van der Waals surface area contributed by atoms with E-state index in [2.05, 4.69) is 15.6 Å². The summed E-state index contributed by atoms with van der Waals surface area (Å²) in [6.07, 6.45) is 2.45. The first-order valence-electron chi connectivity index (χ1n) is 4.13. The number of nitrogens with one attached hydrogen (secondary N) is 1. The summed E-state index contributed by atoms with van der Waals surface area (Å²) in [7, 11) is 0. The highest BCUT2D eigenvalue weighted by atomic mass is 16.4. The van der Waals surface area contributed by atoms with E-state index in [0.29, 0.717) is 0 Å². The molecular weight excluding hydrogens is 172 g/mol. The van der Waals surface area contributed by atoms with E-state index in [1.54, 1.807) is 4.68 Å². The molecule has 1 aromatic rings. The highest BCUT2D eigenvalue weighted by Crippen LogP contribution is 2.13. The van der Waals surface area contributed by atoms with Crippen LogP contribution in [-0.4, -0.2) is 39.2 Å². The van der Waals surface area contributed by atoms with E-state index >= 15 is 0 Å². The number of carbonyl (C=O) groups is 1. The van der Waals surface area contributed by atoms with Crippen LogP contribution < -0.4 is 5.32 Å². The largest absolute Gasteiger partial charge is 0.476 e. The minimum absolute atomic E-state index is 0.00639. The average molecular weight is 182 g/mol. The van der Waals surface area contributed by atoms with Crippen molar-refractivity contribution in [3.05, 3.63) is 11.9 Å². The summed E-state index contributed by atoms with van der Waals surface area (Å²) in [5, 5.41) is 19.1. The lowest BCUT2D eigenvalue weighted by Crippen LogP contribution is -2.13. The van der Waals surface area contributed by atoms with Crippen LogP contribution >= 0.6 is 0 Å². The fourth-order valence-electron chi connectivity index (χ4n) is 1.42. The van der Waals surface area contributed by atoms with E-state index in [1.807, 2.05) is 0 Å². The first-order chi connectivity index (χ1) is 6.27. The first-order valence-corrected chi connectivity index (χ1v) is 4.13. The van der Waals surface area contributed by atoms with Crippen LogP contribution in [-0.2, 0) is 0 Å². The minimum atomic E-state index is -1.03. The van der Waals surface area contributed by atoms with Crippen molar-refractivity contribution in [1.29, 1.82) is 0 Å². The van der Waals surface area contributed by atoms with E-state index in [-0.39, 0.29) is 11.7 Å². The van der Waals surface area contributed by atoms with Crippen LogP contribution in [0.2, 0.25) is 0 Å². The van der Waals surface area contributed by atoms with Gasteiger partial charge in [0.25, 0.3) is 0 Å². The topological polar surface area (TPSA) is 80.0 Å². The minimum Gasteiger partial charge on any atom is -0.476 e. The third kappa shape index (κ3) is 1.52. The number of rotatable bonds is 2. The molecule has 2 heterocycles. The van der Waals surface area contributed by atoms with Gasteiger partial charge in [-0.3, -0.25) is 0 Å². The van der Waals surface area contributed by atoms with Crippen molar-refractivity contribution in [2.24, 2.45) is 0 Å². The molecule has 0 unspecified atom stereocenters. The molecule has 6 nitrogen and oxygen atoms in total. The Morgan fingerprint density at radius 2 is 2.62 bits per heavy atom. The van der Waals surface area contributed by atoms with Crippen molar-refractivity contribution >= 4 is 5.97 Å².